The number of unbranched alkanes of at least 4 members (excludes halogenated alkanes) is 1. The molecule has 5 N–H and O–H groups in total. The first-order valence-corrected chi connectivity index (χ1v) is 9.74. The van der Waals surface area contributed by atoms with Crippen LogP contribution in [0.3, 0.4) is 0 Å². The minimum atomic E-state index is -4.90. The van der Waals surface area contributed by atoms with Gasteiger partial charge in [-0.15, -0.1) is 0 Å². The summed E-state index contributed by atoms with van der Waals surface area (Å²) in [6, 6.07) is 0. The molecule has 0 spiro atoms. The number of primary amides is 1. The van der Waals surface area contributed by atoms with Crippen LogP contribution in [-0.4, -0.2) is 24.5 Å². The number of carbonyl (C=O) groups excluding carboxylic acids is 3. The van der Waals surface area contributed by atoms with Gasteiger partial charge in [-0.05, 0) is 0 Å². The molecule has 8 nitrogen and oxygen atoms in total. The van der Waals surface area contributed by atoms with E-state index in [-0.39, 0.29) is 12.8 Å². The Morgan fingerprint density at radius 1 is 1.20 bits per heavy atom. The van der Waals surface area contributed by atoms with Crippen molar-refractivity contribution in [3.8, 4) is 0 Å². The van der Waals surface area contributed by atoms with Crippen molar-refractivity contribution in [1.29, 1.82) is 0 Å². The van der Waals surface area contributed by atoms with Crippen molar-refractivity contribution < 1.29 is 23.4 Å². The van der Waals surface area contributed by atoms with Crippen LogP contribution < -0.4 is 16.6 Å². The van der Waals surface area contributed by atoms with Gasteiger partial charge in [0.2, 0.25) is 0 Å². The average Bonchev–Trinajstić information content (AvgIpc) is 2.24. The van der Waals surface area contributed by atoms with E-state index in [0.29, 0.717) is 6.54 Å². The molecule has 0 saturated heterocycles. The first-order valence-electron chi connectivity index (χ1n) is 5.79. The first-order chi connectivity index (χ1) is 9.03. The molecule has 0 heterocycles. The summed E-state index contributed by atoms with van der Waals surface area (Å²) in [5.41, 5.74) is 10.2. The number of hydrogen-bond acceptors (Lipinski definition) is 6. The number of rotatable bonds is 8. The molecule has 0 rings (SSSR count). The molecule has 0 bridgehead atoms. The summed E-state index contributed by atoms with van der Waals surface area (Å²) >= 11 is 11.3. The van der Waals surface area contributed by atoms with E-state index in [1.807, 2.05) is 6.92 Å². The number of nitrogens with one attached hydrogen (secondary N) is 1. The molecule has 20 heavy (non-hydrogen) atoms. The molecule has 0 fully saturated rings. The van der Waals surface area contributed by atoms with E-state index in [9.17, 15) is 14.4 Å². The van der Waals surface area contributed by atoms with Crippen LogP contribution >= 0.6 is 28.4 Å². The fourth-order valence-corrected chi connectivity index (χ4v) is 2.69. The van der Waals surface area contributed by atoms with Crippen molar-refractivity contribution >= 4 is 46.4 Å². The molecule has 2 amide bonds. The van der Waals surface area contributed by atoms with E-state index < -0.39 is 23.9 Å². The summed E-state index contributed by atoms with van der Waals surface area (Å²) in [6.07, 6.45) is -0.0483. The van der Waals surface area contributed by atoms with Crippen molar-refractivity contribution in [2.75, 3.05) is 6.54 Å². The summed E-state index contributed by atoms with van der Waals surface area (Å²) < 4.78 is 9.14. The SMILES string of the molecule is CCCCNC(=O)OP(N)(Cl)(Cl)OC(=O)CCC(N)=O. The fourth-order valence-electron chi connectivity index (χ4n) is 1.01. The van der Waals surface area contributed by atoms with Gasteiger partial charge in [-0.3, -0.25) is 0 Å². The van der Waals surface area contributed by atoms with Crippen LogP contribution in [0.15, 0.2) is 0 Å². The van der Waals surface area contributed by atoms with Crippen molar-refractivity contribution in [2.24, 2.45) is 11.2 Å². The predicted octanol–water partition coefficient (Wildman–Crippen LogP) is 1.89. The minimum absolute atomic E-state index is 0.262. The molecule has 11 heteroatoms. The molecule has 0 aromatic carbocycles. The topological polar surface area (TPSA) is 134 Å². The van der Waals surface area contributed by atoms with Crippen molar-refractivity contribution in [3.05, 3.63) is 0 Å². The Morgan fingerprint density at radius 3 is 2.30 bits per heavy atom. The summed E-state index contributed by atoms with van der Waals surface area (Å²) in [4.78, 5) is 33.2. The number of halogens is 2. The Morgan fingerprint density at radius 2 is 1.80 bits per heavy atom. The van der Waals surface area contributed by atoms with Gasteiger partial charge in [-0.1, -0.05) is 0 Å². The zero-order valence-corrected chi connectivity index (χ0v) is 13.3. The fraction of sp³-hybridized carbons (Fsp3) is 0.667. The first kappa shape index (κ1) is 19.2. The molecule has 0 aliphatic rings. The van der Waals surface area contributed by atoms with E-state index in [1.54, 1.807) is 0 Å². The molecule has 0 saturated carbocycles. The molecular formula is C9H18Cl2N3O5P. The zero-order valence-electron chi connectivity index (χ0n) is 10.9. The summed E-state index contributed by atoms with van der Waals surface area (Å²) in [5, 5.41) is 2.35. The van der Waals surface area contributed by atoms with E-state index in [2.05, 4.69) is 14.4 Å². The zero-order chi connectivity index (χ0) is 15.8. The van der Waals surface area contributed by atoms with Gasteiger partial charge in [0.1, 0.15) is 0 Å². The second kappa shape index (κ2) is 7.83. The van der Waals surface area contributed by atoms with Gasteiger partial charge in [0, 0.05) is 0 Å². The third kappa shape index (κ3) is 10.0. The molecule has 118 valence electrons. The molecule has 0 aromatic heterocycles. The normalized spacial score (nSPS) is 12.9. The molecule has 0 unspecified atom stereocenters. The van der Waals surface area contributed by atoms with Crippen LogP contribution in [0, 0.1) is 0 Å². The number of nitrogens with two attached hydrogens (primary N) is 2. The molecule has 0 aromatic rings. The monoisotopic (exact) mass is 349 g/mol. The molecule has 0 radical (unpaired) electrons. The van der Waals surface area contributed by atoms with E-state index in [1.165, 1.54) is 0 Å². The van der Waals surface area contributed by atoms with Crippen LogP contribution in [-0.2, 0) is 18.6 Å². The van der Waals surface area contributed by atoms with Gasteiger partial charge < -0.3 is 0 Å². The van der Waals surface area contributed by atoms with Gasteiger partial charge >= 0.3 is 126 Å². The average molecular weight is 350 g/mol. The van der Waals surface area contributed by atoms with Gasteiger partial charge in [0.05, 0.1) is 0 Å². The Hall–Kier alpha value is -0.820. The molecule has 0 aliphatic heterocycles. The van der Waals surface area contributed by atoms with Gasteiger partial charge in [0.15, 0.2) is 0 Å². The van der Waals surface area contributed by atoms with Crippen LogP contribution in [0.5, 0.6) is 0 Å². The molecule has 0 aliphatic carbocycles. The summed E-state index contributed by atoms with van der Waals surface area (Å²) in [7, 11) is 0. The number of carbonyl (C=O) groups is 3. The van der Waals surface area contributed by atoms with Crippen LogP contribution in [0.1, 0.15) is 32.6 Å². The maximum absolute atomic E-state index is 11.4. The quantitative estimate of drug-likeness (QED) is 0.452. The van der Waals surface area contributed by atoms with Crippen LogP contribution in [0.2, 0.25) is 0 Å². The predicted molar refractivity (Wildman–Crippen MR) is 76.7 cm³/mol. The van der Waals surface area contributed by atoms with E-state index >= 15 is 0 Å². The number of amides is 2. The van der Waals surface area contributed by atoms with Crippen LogP contribution in [0.4, 0.5) is 4.79 Å². The maximum atomic E-state index is 11.4. The Labute approximate surface area is 126 Å². The third-order valence-electron chi connectivity index (χ3n) is 1.88. The molecular weight excluding hydrogens is 332 g/mol. The number of hydrogen-bond donors (Lipinski definition) is 3. The van der Waals surface area contributed by atoms with Crippen molar-refractivity contribution in [2.45, 2.75) is 32.6 Å². The van der Waals surface area contributed by atoms with Gasteiger partial charge in [-0.25, -0.2) is 0 Å². The summed E-state index contributed by atoms with van der Waals surface area (Å²) in [5.74, 6) is -6.60. The van der Waals surface area contributed by atoms with Gasteiger partial charge in [0.25, 0.3) is 0 Å². The summed E-state index contributed by atoms with van der Waals surface area (Å²) in [6.45, 7) is 2.27. The van der Waals surface area contributed by atoms with Crippen molar-refractivity contribution in [3.63, 3.8) is 0 Å². The standard InChI is InChI=1S/C9H18Cl2N3O5P/c1-2-3-6-14-9(17)19-20(10,11,13)18-8(16)5-4-7(12)15/h2-6,13H2,1H3,(H2,12,15)(H,14,17). The Kier molecular flexibility index (Phi) is 7.51. The third-order valence-corrected chi connectivity index (χ3v) is 3.71. The van der Waals surface area contributed by atoms with Crippen molar-refractivity contribution in [1.82, 2.24) is 5.32 Å². The van der Waals surface area contributed by atoms with E-state index in [4.69, 9.17) is 33.7 Å². The Bertz CT molecular complexity index is 386. The molecule has 0 atom stereocenters. The second-order valence-corrected chi connectivity index (χ2v) is 10.3. The Balaban J connectivity index is 4.37. The van der Waals surface area contributed by atoms with Crippen LogP contribution in [0.25, 0.3) is 0 Å². The van der Waals surface area contributed by atoms with E-state index in [0.717, 1.165) is 12.8 Å². The van der Waals surface area contributed by atoms with Gasteiger partial charge in [-0.2, -0.15) is 0 Å². The second-order valence-electron chi connectivity index (χ2n) is 3.91.